The van der Waals surface area contributed by atoms with E-state index in [1.54, 1.807) is 37.5 Å². The highest BCUT2D eigenvalue weighted by Gasteiger charge is 2.33. The maximum absolute atomic E-state index is 13.8. The van der Waals surface area contributed by atoms with Crippen molar-refractivity contribution in [2.45, 2.75) is 32.9 Å². The second kappa shape index (κ2) is 8.98. The number of carbonyl (C=O) groups is 1. The summed E-state index contributed by atoms with van der Waals surface area (Å²) in [6.45, 7) is 5.37. The first kappa shape index (κ1) is 23.3. The molecule has 2 aromatic heterocycles. The Morgan fingerprint density at radius 1 is 1.17 bits per heavy atom. The standard InChI is InChI=1S/C27H24ClN3O3S/c1-15(2)34-26(33)23-16(3)29-27-31(24(23)17-9-11-19(28)12-10-17)25(32)22(35-27)13-18-14-30(4)21-8-6-5-7-20(18)21/h5-15,24H,1-4H3/b22-13+. The van der Waals surface area contributed by atoms with Gasteiger partial charge in [-0.3, -0.25) is 9.36 Å². The number of nitrogens with zero attached hydrogens (tertiary/aromatic N) is 3. The molecule has 0 spiro atoms. The lowest BCUT2D eigenvalue weighted by atomic mass is 9.96. The molecule has 0 bridgehead atoms. The van der Waals surface area contributed by atoms with Crippen molar-refractivity contribution in [2.24, 2.45) is 12.0 Å². The van der Waals surface area contributed by atoms with Gasteiger partial charge in [0.05, 0.1) is 27.9 Å². The van der Waals surface area contributed by atoms with Crippen LogP contribution in [0.15, 0.2) is 75.8 Å². The van der Waals surface area contributed by atoms with Crippen molar-refractivity contribution in [3.63, 3.8) is 0 Å². The highest BCUT2D eigenvalue weighted by molar-refractivity contribution is 7.07. The summed E-state index contributed by atoms with van der Waals surface area (Å²) in [6, 6.07) is 14.6. The minimum Gasteiger partial charge on any atom is -0.459 e. The van der Waals surface area contributed by atoms with E-state index in [9.17, 15) is 9.59 Å². The molecular formula is C27H24ClN3O3S. The molecule has 1 atom stereocenters. The number of aryl methyl sites for hydroxylation is 1. The number of ether oxygens (including phenoxy) is 1. The van der Waals surface area contributed by atoms with Crippen LogP contribution in [0.2, 0.25) is 5.02 Å². The van der Waals surface area contributed by atoms with Crippen molar-refractivity contribution in [3.8, 4) is 0 Å². The fourth-order valence-electron chi connectivity index (χ4n) is 4.45. The van der Waals surface area contributed by atoms with Crippen molar-refractivity contribution in [2.75, 3.05) is 0 Å². The van der Waals surface area contributed by atoms with Gasteiger partial charge in [-0.2, -0.15) is 0 Å². The lowest BCUT2D eigenvalue weighted by molar-refractivity contribution is -0.143. The number of carbonyl (C=O) groups excluding carboxylic acids is 1. The smallest absolute Gasteiger partial charge is 0.338 e. The van der Waals surface area contributed by atoms with E-state index in [0.29, 0.717) is 25.6 Å². The Labute approximate surface area is 211 Å². The van der Waals surface area contributed by atoms with Gasteiger partial charge >= 0.3 is 5.97 Å². The van der Waals surface area contributed by atoms with Crippen LogP contribution >= 0.6 is 22.9 Å². The molecule has 0 amide bonds. The second-order valence-electron chi connectivity index (χ2n) is 8.80. The number of rotatable bonds is 4. The van der Waals surface area contributed by atoms with Crippen LogP contribution in [0.4, 0.5) is 0 Å². The average molecular weight is 506 g/mol. The number of hydrogen-bond donors (Lipinski definition) is 0. The molecule has 1 aliphatic heterocycles. The quantitative estimate of drug-likeness (QED) is 0.388. The summed E-state index contributed by atoms with van der Waals surface area (Å²) < 4.78 is 9.72. The van der Waals surface area contributed by atoms with Gasteiger partial charge in [0.2, 0.25) is 0 Å². The lowest BCUT2D eigenvalue weighted by Gasteiger charge is -2.25. The molecule has 3 heterocycles. The predicted octanol–water partition coefficient (Wildman–Crippen LogP) is 4.33. The van der Waals surface area contributed by atoms with Crippen molar-refractivity contribution in [1.82, 2.24) is 9.13 Å². The molecule has 0 fully saturated rings. The van der Waals surface area contributed by atoms with Crippen LogP contribution < -0.4 is 14.9 Å². The van der Waals surface area contributed by atoms with E-state index in [1.807, 2.05) is 60.3 Å². The molecule has 2 aromatic carbocycles. The summed E-state index contributed by atoms with van der Waals surface area (Å²) in [5, 5.41) is 1.64. The summed E-state index contributed by atoms with van der Waals surface area (Å²) in [7, 11) is 1.98. The van der Waals surface area contributed by atoms with E-state index in [2.05, 4.69) is 4.99 Å². The third kappa shape index (κ3) is 4.15. The Morgan fingerprint density at radius 2 is 1.89 bits per heavy atom. The van der Waals surface area contributed by atoms with Gasteiger partial charge in [0.1, 0.15) is 0 Å². The molecule has 0 N–H and O–H groups in total. The second-order valence-corrected chi connectivity index (χ2v) is 10.2. The Balaban J connectivity index is 1.74. The third-order valence-corrected chi connectivity index (χ3v) is 7.22. The molecule has 0 aliphatic carbocycles. The van der Waals surface area contributed by atoms with Crippen molar-refractivity contribution >= 4 is 45.9 Å². The fourth-order valence-corrected chi connectivity index (χ4v) is 5.61. The van der Waals surface area contributed by atoms with Crippen LogP contribution in [0, 0.1) is 0 Å². The molecule has 4 aromatic rings. The molecule has 1 unspecified atom stereocenters. The van der Waals surface area contributed by atoms with Crippen LogP contribution in [0.3, 0.4) is 0 Å². The van der Waals surface area contributed by atoms with Gasteiger partial charge in [0.25, 0.3) is 5.56 Å². The Kier molecular flexibility index (Phi) is 5.99. The molecule has 178 valence electrons. The van der Waals surface area contributed by atoms with Crippen LogP contribution in [0.1, 0.15) is 37.9 Å². The first-order valence-corrected chi connectivity index (χ1v) is 12.5. The highest BCUT2D eigenvalue weighted by atomic mass is 35.5. The summed E-state index contributed by atoms with van der Waals surface area (Å²) in [4.78, 5) is 32.1. The normalized spacial score (nSPS) is 16.1. The van der Waals surface area contributed by atoms with E-state index < -0.39 is 12.0 Å². The predicted molar refractivity (Wildman–Crippen MR) is 139 cm³/mol. The van der Waals surface area contributed by atoms with Crippen molar-refractivity contribution in [1.29, 1.82) is 0 Å². The zero-order valence-electron chi connectivity index (χ0n) is 19.8. The largest absolute Gasteiger partial charge is 0.459 e. The summed E-state index contributed by atoms with van der Waals surface area (Å²) in [6.07, 6.45) is 3.61. The zero-order valence-corrected chi connectivity index (χ0v) is 21.4. The molecule has 8 heteroatoms. The van der Waals surface area contributed by atoms with E-state index in [4.69, 9.17) is 16.3 Å². The number of thiazole rings is 1. The number of aromatic nitrogens is 2. The number of fused-ring (bicyclic) bond motifs is 2. The maximum Gasteiger partial charge on any atom is 0.338 e. The minimum atomic E-state index is -0.663. The molecular weight excluding hydrogens is 482 g/mol. The summed E-state index contributed by atoms with van der Waals surface area (Å²) >= 11 is 7.44. The number of halogens is 1. The first-order chi connectivity index (χ1) is 16.7. The number of esters is 1. The van der Waals surface area contributed by atoms with Gasteiger partial charge in [-0.1, -0.05) is 53.3 Å². The van der Waals surface area contributed by atoms with Gasteiger partial charge in [0, 0.05) is 34.7 Å². The number of hydrogen-bond acceptors (Lipinski definition) is 5. The summed E-state index contributed by atoms with van der Waals surface area (Å²) in [5.41, 5.74) is 3.48. The summed E-state index contributed by atoms with van der Waals surface area (Å²) in [5.74, 6) is -0.482. The highest BCUT2D eigenvalue weighted by Crippen LogP contribution is 2.31. The molecule has 6 nitrogen and oxygen atoms in total. The fraction of sp³-hybridized carbons (Fsp3) is 0.222. The van der Waals surface area contributed by atoms with Crippen LogP contribution in [0.5, 0.6) is 0 Å². The number of allylic oxidation sites excluding steroid dienone is 1. The Morgan fingerprint density at radius 3 is 2.60 bits per heavy atom. The van der Waals surface area contributed by atoms with Gasteiger partial charge in [-0.05, 0) is 50.6 Å². The van der Waals surface area contributed by atoms with Crippen molar-refractivity contribution in [3.05, 3.63) is 102 Å². The zero-order chi connectivity index (χ0) is 24.9. The van der Waals surface area contributed by atoms with E-state index in [1.165, 1.54) is 11.3 Å². The van der Waals surface area contributed by atoms with Gasteiger partial charge < -0.3 is 9.30 Å². The first-order valence-electron chi connectivity index (χ1n) is 11.3. The topological polar surface area (TPSA) is 65.6 Å². The molecule has 1 aliphatic rings. The Bertz CT molecular complexity index is 1670. The van der Waals surface area contributed by atoms with Gasteiger partial charge in [-0.25, -0.2) is 9.79 Å². The minimum absolute atomic E-state index is 0.205. The van der Waals surface area contributed by atoms with Gasteiger partial charge in [-0.15, -0.1) is 0 Å². The van der Waals surface area contributed by atoms with E-state index >= 15 is 0 Å². The molecule has 35 heavy (non-hydrogen) atoms. The molecule has 5 rings (SSSR count). The van der Waals surface area contributed by atoms with Crippen LogP contribution in [0.25, 0.3) is 17.0 Å². The van der Waals surface area contributed by atoms with Gasteiger partial charge in [0.15, 0.2) is 4.80 Å². The van der Waals surface area contributed by atoms with Crippen LogP contribution in [-0.2, 0) is 16.6 Å². The van der Waals surface area contributed by atoms with Crippen molar-refractivity contribution < 1.29 is 9.53 Å². The van der Waals surface area contributed by atoms with E-state index in [0.717, 1.165) is 22.0 Å². The maximum atomic E-state index is 13.8. The monoisotopic (exact) mass is 505 g/mol. The molecule has 0 radical (unpaired) electrons. The average Bonchev–Trinajstić information content (AvgIpc) is 3.29. The molecule has 0 saturated heterocycles. The molecule has 0 saturated carbocycles. The SMILES string of the molecule is CC1=C(C(=O)OC(C)C)C(c2ccc(Cl)cc2)n2c(s/c(=C/c3cn(C)c4ccccc34)c2=O)=N1. The van der Waals surface area contributed by atoms with Crippen LogP contribution in [-0.4, -0.2) is 21.2 Å². The third-order valence-electron chi connectivity index (χ3n) is 5.98. The van der Waals surface area contributed by atoms with E-state index in [-0.39, 0.29) is 11.7 Å². The lowest BCUT2D eigenvalue weighted by Crippen LogP contribution is -2.40. The Hall–Kier alpha value is -3.42. The number of para-hydroxylation sites is 1. The number of benzene rings is 2.